The smallest absolute Gasteiger partial charge is 0.410 e. The van der Waals surface area contributed by atoms with E-state index in [-0.39, 0.29) is 80.9 Å². The van der Waals surface area contributed by atoms with Gasteiger partial charge in [-0.05, 0) is 63.6 Å². The molecular formula is C67H110N8O30. The van der Waals surface area contributed by atoms with Gasteiger partial charge in [0.25, 0.3) is 11.8 Å². The molecule has 2 aliphatic heterocycles. The number of unbranched alkanes of at least 4 members (excludes halogenated alkanes) is 1. The lowest BCUT2D eigenvalue weighted by Crippen LogP contribution is -2.61. The van der Waals surface area contributed by atoms with Crippen LogP contribution in [-0.4, -0.2) is 330 Å². The quantitative estimate of drug-likeness (QED) is 0.0256. The van der Waals surface area contributed by atoms with Crippen LogP contribution in [0.3, 0.4) is 0 Å². The summed E-state index contributed by atoms with van der Waals surface area (Å²) in [6.45, 7) is 16.1. The number of nitrogens with zero attached hydrogens (tertiary/aromatic N) is 2. The summed E-state index contributed by atoms with van der Waals surface area (Å²) < 4.78 is 86.9. The minimum atomic E-state index is -2.06. The number of likely N-dealkylation sites (N-methyl/N-ethyl adjacent to an activating group) is 1. The number of carboxylic acid groups (broad SMARTS) is 1. The van der Waals surface area contributed by atoms with Gasteiger partial charge < -0.3 is 129 Å². The molecule has 1 fully saturated rings. The fourth-order valence-electron chi connectivity index (χ4n) is 9.55. The number of alkyl carbamates (subject to hydrolysis) is 1. The Bertz CT molecular complexity index is 2760. The summed E-state index contributed by atoms with van der Waals surface area (Å²) in [7, 11) is 2.93. The monoisotopic (exact) mass is 1510 g/mol. The molecule has 3 rings (SSSR count). The number of hydrogen-bond acceptors (Lipinski definition) is 29. The summed E-state index contributed by atoms with van der Waals surface area (Å²) in [6.07, 6.45) is -10.3. The summed E-state index contributed by atoms with van der Waals surface area (Å²) in [5.41, 5.74) is 4.55. The molecule has 2 heterocycles. The number of hydrogen-bond donors (Lipinski definition) is 10. The average molecular weight is 1510 g/mol. The van der Waals surface area contributed by atoms with Gasteiger partial charge >= 0.3 is 18.2 Å². The second-order valence-corrected chi connectivity index (χ2v) is 24.7. The van der Waals surface area contributed by atoms with Crippen LogP contribution in [0.2, 0.25) is 0 Å². The van der Waals surface area contributed by atoms with Crippen molar-refractivity contribution in [1.82, 2.24) is 31.1 Å². The third-order valence-corrected chi connectivity index (χ3v) is 14.8. The van der Waals surface area contributed by atoms with Gasteiger partial charge in [0, 0.05) is 52.2 Å². The summed E-state index contributed by atoms with van der Waals surface area (Å²) in [4.78, 5) is 132. The molecule has 11 N–H and O–H groups in total. The number of primary amides is 1. The Morgan fingerprint density at radius 1 is 0.610 bits per heavy atom. The lowest BCUT2D eigenvalue weighted by Gasteiger charge is -2.38. The van der Waals surface area contributed by atoms with Crippen molar-refractivity contribution in [3.8, 4) is 5.75 Å². The van der Waals surface area contributed by atoms with Crippen molar-refractivity contribution in [1.29, 1.82) is 0 Å². The molecule has 9 amide bonds. The standard InChI is InChI=1S/C67H110N8O30/c1-45(2)55(60(68)83)74(6)66(89)102-44-46-11-12-50(103-64-58(82)56(80)57(81)59(104-64)63(86)87)48(42-46)72-52(77)15-18-70-61(84)47(73-62(85)49(75-53(78)13-14-54(75)79)43-71-65(88)105-67(3,4)5)10-8-9-17-69-51(76)16-19-91-22-23-93-26-27-95-30-31-97-34-35-99-38-39-101-41-40-100-37-36-98-33-32-96-29-28-94-25-24-92-21-20-90-7/h11-14,42,45,47,49,55-59,64,80-82H,8-10,15-41,43-44H2,1-7H3,(H2,68,83)(H,69,76)(H,70,84)(H,71,88)(H,72,77)(H,73,85)(H,86,87)/t47-,49?,55-,56-,57-,58+,59-,64+/m0/s1. The lowest BCUT2D eigenvalue weighted by molar-refractivity contribution is -0.271. The van der Waals surface area contributed by atoms with Crippen molar-refractivity contribution in [3.05, 3.63) is 35.9 Å². The number of carbonyl (C=O) groups is 10. The zero-order valence-corrected chi connectivity index (χ0v) is 61.1. The molecule has 2 aliphatic rings. The predicted octanol–water partition coefficient (Wildman–Crippen LogP) is -1.71. The predicted molar refractivity (Wildman–Crippen MR) is 367 cm³/mol. The van der Waals surface area contributed by atoms with Crippen LogP contribution in [0.25, 0.3) is 0 Å². The van der Waals surface area contributed by atoms with Gasteiger partial charge in [0.05, 0.1) is 164 Å². The number of imide groups is 1. The van der Waals surface area contributed by atoms with E-state index in [2.05, 4.69) is 26.6 Å². The molecule has 0 saturated carbocycles. The summed E-state index contributed by atoms with van der Waals surface area (Å²) in [5, 5.41) is 53.9. The first kappa shape index (κ1) is 91.8. The number of benzene rings is 1. The van der Waals surface area contributed by atoms with E-state index in [1.165, 1.54) is 25.2 Å². The molecule has 1 saturated heterocycles. The van der Waals surface area contributed by atoms with Gasteiger partial charge in [-0.15, -0.1) is 0 Å². The van der Waals surface area contributed by atoms with Crippen molar-refractivity contribution < 1.29 is 144 Å². The first-order chi connectivity index (χ1) is 50.3. The van der Waals surface area contributed by atoms with Crippen LogP contribution in [0.15, 0.2) is 30.4 Å². The van der Waals surface area contributed by atoms with Crippen LogP contribution in [0.1, 0.15) is 72.3 Å². The first-order valence-electron chi connectivity index (χ1n) is 34.7. The number of aliphatic hydroxyl groups is 3. The maximum Gasteiger partial charge on any atom is 0.410 e. The van der Waals surface area contributed by atoms with Crippen molar-refractivity contribution in [2.24, 2.45) is 11.7 Å². The Balaban J connectivity index is 1.43. The molecule has 8 atom stereocenters. The second-order valence-electron chi connectivity index (χ2n) is 24.7. The Hall–Kier alpha value is -7.38. The zero-order valence-electron chi connectivity index (χ0n) is 61.1. The van der Waals surface area contributed by atoms with Crippen LogP contribution >= 0.6 is 0 Å². The van der Waals surface area contributed by atoms with E-state index in [4.69, 9.17) is 81.5 Å². The highest BCUT2D eigenvalue weighted by molar-refractivity contribution is 6.15. The molecule has 1 aromatic rings. The maximum atomic E-state index is 14.1. The third kappa shape index (κ3) is 39.2. The number of amides is 9. The Morgan fingerprint density at radius 3 is 1.55 bits per heavy atom. The van der Waals surface area contributed by atoms with E-state index >= 15 is 0 Å². The molecule has 38 nitrogen and oxygen atoms in total. The van der Waals surface area contributed by atoms with E-state index < -0.39 is 134 Å². The molecule has 0 bridgehead atoms. The number of methoxy groups -OCH3 is 1. The van der Waals surface area contributed by atoms with Crippen LogP contribution in [0, 0.1) is 5.92 Å². The van der Waals surface area contributed by atoms with Gasteiger partial charge in [-0.3, -0.25) is 43.4 Å². The number of nitrogens with two attached hydrogens (primary N) is 1. The molecule has 0 spiro atoms. The van der Waals surface area contributed by atoms with Gasteiger partial charge in [0.1, 0.15) is 54.4 Å². The van der Waals surface area contributed by atoms with Gasteiger partial charge in [-0.25, -0.2) is 14.4 Å². The third-order valence-electron chi connectivity index (χ3n) is 14.8. The fourth-order valence-corrected chi connectivity index (χ4v) is 9.55. The van der Waals surface area contributed by atoms with Crippen LogP contribution < -0.4 is 37.1 Å². The van der Waals surface area contributed by atoms with Crippen molar-refractivity contribution in [3.63, 3.8) is 0 Å². The Morgan fingerprint density at radius 2 is 1.10 bits per heavy atom. The molecule has 1 aromatic carbocycles. The number of aliphatic carboxylic acids is 1. The van der Waals surface area contributed by atoms with Gasteiger partial charge in [0.15, 0.2) is 6.10 Å². The molecule has 105 heavy (non-hydrogen) atoms. The van der Waals surface area contributed by atoms with Crippen LogP contribution in [0.5, 0.6) is 5.75 Å². The molecular weight excluding hydrogens is 1400 g/mol. The number of ether oxygens (including phenoxy) is 16. The number of carbonyl (C=O) groups excluding carboxylic acids is 9. The highest BCUT2D eigenvalue weighted by atomic mass is 16.7. The highest BCUT2D eigenvalue weighted by Gasteiger charge is 2.48. The van der Waals surface area contributed by atoms with Crippen LogP contribution in [-0.2, 0) is 116 Å². The van der Waals surface area contributed by atoms with E-state index in [1.807, 2.05) is 0 Å². The topological polar surface area (TPSA) is 492 Å². The molecule has 0 aromatic heterocycles. The summed E-state index contributed by atoms with van der Waals surface area (Å²) >= 11 is 0. The minimum Gasteiger partial charge on any atom is -0.479 e. The lowest BCUT2D eigenvalue weighted by atomic mass is 9.99. The second kappa shape index (κ2) is 53.4. The van der Waals surface area contributed by atoms with E-state index in [9.17, 15) is 68.4 Å². The fraction of sp³-hybridized carbons (Fsp3) is 0.731. The maximum absolute atomic E-state index is 14.1. The molecule has 598 valence electrons. The number of aliphatic hydroxyl groups excluding tert-OH is 3. The number of nitrogens with one attached hydrogen (secondary N) is 5. The number of rotatable bonds is 59. The largest absolute Gasteiger partial charge is 0.479 e. The van der Waals surface area contributed by atoms with Gasteiger partial charge in [-0.2, -0.15) is 0 Å². The Kier molecular flexibility index (Phi) is 46.7. The summed E-state index contributed by atoms with van der Waals surface area (Å²) in [6, 6.07) is -0.294. The van der Waals surface area contributed by atoms with Crippen molar-refractivity contribution >= 4 is 65.2 Å². The number of anilines is 1. The highest BCUT2D eigenvalue weighted by Crippen LogP contribution is 2.32. The first-order valence-corrected chi connectivity index (χ1v) is 34.7. The molecule has 1 unspecified atom stereocenters. The normalized spacial score (nSPS) is 17.4. The van der Waals surface area contributed by atoms with Crippen molar-refractivity contribution in [2.45, 2.75) is 128 Å². The van der Waals surface area contributed by atoms with Crippen molar-refractivity contribution in [2.75, 3.05) is 191 Å². The summed E-state index contributed by atoms with van der Waals surface area (Å²) in [5.74, 6) is -7.95. The molecule has 38 heteroatoms. The number of carboxylic acids is 1. The Labute approximate surface area is 610 Å². The van der Waals surface area contributed by atoms with Gasteiger partial charge in [0.2, 0.25) is 35.8 Å². The van der Waals surface area contributed by atoms with E-state index in [1.54, 1.807) is 41.7 Å². The zero-order chi connectivity index (χ0) is 77.4. The SMILES string of the molecule is COCCOCCOCCOCCOCCOCCOCCOCCOCCOCCOCCOCCC(=O)NCCCC[C@H](NC(=O)C(CNC(=O)OC(C)(C)C)N1C(=O)C=CC1=O)C(=O)NCCC(=O)Nc1cc(COC(=O)N(C)[C@H](C(N)=O)C(C)C)ccc1O[C@@H]1O[C@H](C(=O)O)[C@@H](O)[C@H](O)[C@H]1O. The van der Waals surface area contributed by atoms with Crippen LogP contribution in [0.4, 0.5) is 15.3 Å². The van der Waals surface area contributed by atoms with E-state index in [0.29, 0.717) is 137 Å². The molecule has 0 aliphatic carbocycles. The minimum absolute atomic E-state index is 0.0152. The van der Waals surface area contributed by atoms with Gasteiger partial charge in [-0.1, -0.05) is 19.9 Å². The van der Waals surface area contributed by atoms with E-state index in [0.717, 1.165) is 17.1 Å². The molecule has 0 radical (unpaired) electrons. The average Bonchev–Trinajstić information content (AvgIpc) is 1.47.